The number of fused-ring (bicyclic) bond motifs is 4. The van der Waals surface area contributed by atoms with E-state index in [9.17, 15) is 14.4 Å². The van der Waals surface area contributed by atoms with Crippen LogP contribution in [0.4, 0.5) is 0 Å². The van der Waals surface area contributed by atoms with Crippen molar-refractivity contribution in [2.45, 2.75) is 64.8 Å². The Bertz CT molecular complexity index is 1330. The van der Waals surface area contributed by atoms with Gasteiger partial charge in [0.1, 0.15) is 11.6 Å². The van der Waals surface area contributed by atoms with Crippen LogP contribution in [0, 0.1) is 0 Å². The highest BCUT2D eigenvalue weighted by Gasteiger charge is 2.39. The first-order chi connectivity index (χ1) is 17.1. The van der Waals surface area contributed by atoms with Gasteiger partial charge in [0, 0.05) is 30.2 Å². The van der Waals surface area contributed by atoms with Crippen LogP contribution in [0.25, 0.3) is 10.9 Å². The van der Waals surface area contributed by atoms with E-state index in [4.69, 9.17) is 4.74 Å². The van der Waals surface area contributed by atoms with Crippen molar-refractivity contribution < 1.29 is 19.1 Å². The van der Waals surface area contributed by atoms with E-state index in [1.54, 1.807) is 29.0 Å². The molecule has 2 aliphatic heterocycles. The van der Waals surface area contributed by atoms with Gasteiger partial charge in [0.25, 0.3) is 0 Å². The molecule has 1 fully saturated rings. The van der Waals surface area contributed by atoms with E-state index in [1.165, 1.54) is 10.9 Å². The first kappa shape index (κ1) is 24.1. The molecule has 0 N–H and O–H groups in total. The van der Waals surface area contributed by atoms with Crippen LogP contribution in [0.1, 0.15) is 60.8 Å². The van der Waals surface area contributed by atoms with Gasteiger partial charge in [-0.25, -0.2) is 4.79 Å². The van der Waals surface area contributed by atoms with Crippen LogP contribution in [-0.2, 0) is 33.8 Å². The van der Waals surface area contributed by atoms with Gasteiger partial charge in [0.15, 0.2) is 0 Å². The Morgan fingerprint density at radius 3 is 2.47 bits per heavy atom. The maximum absolute atomic E-state index is 13.0. The summed E-state index contributed by atoms with van der Waals surface area (Å²) in [6, 6.07) is 15.5. The molecule has 3 aromatic rings. The predicted octanol–water partition coefficient (Wildman–Crippen LogP) is 4.15. The number of aryl methyl sites for hydroxylation is 1. The highest BCUT2D eigenvalue weighted by Crippen LogP contribution is 2.33. The lowest BCUT2D eigenvalue weighted by Gasteiger charge is -2.40. The standard InChI is InChI=1S/C29H33N3O4/c1-29(2,3)36-28(35)20-14-12-19(13-15-20)16-31-23-10-6-5-8-21(23)22-9-7-11-24-27(34)30(4)18-26(33)32(24)17-25(22)31/h5-6,8,10,12-15,24H,7,9,11,16-18H2,1-4H3. The van der Waals surface area contributed by atoms with Crippen LogP contribution in [0.5, 0.6) is 0 Å². The summed E-state index contributed by atoms with van der Waals surface area (Å²) in [6.45, 7) is 6.71. The molecule has 2 aromatic carbocycles. The van der Waals surface area contributed by atoms with Gasteiger partial charge in [-0.1, -0.05) is 30.3 Å². The van der Waals surface area contributed by atoms with Crippen LogP contribution < -0.4 is 0 Å². The molecule has 0 aliphatic carbocycles. The molecule has 7 heteroatoms. The van der Waals surface area contributed by atoms with Crippen molar-refractivity contribution in [1.82, 2.24) is 14.4 Å². The third kappa shape index (κ3) is 4.50. The maximum Gasteiger partial charge on any atom is 0.338 e. The molecular formula is C29H33N3O4. The first-order valence-corrected chi connectivity index (χ1v) is 12.6. The van der Waals surface area contributed by atoms with Gasteiger partial charge in [-0.3, -0.25) is 9.59 Å². The zero-order chi connectivity index (χ0) is 25.6. The number of amides is 2. The second-order valence-corrected chi connectivity index (χ2v) is 10.9. The summed E-state index contributed by atoms with van der Waals surface area (Å²) in [5, 5.41) is 1.20. The fourth-order valence-corrected chi connectivity index (χ4v) is 5.38. The number of piperazine rings is 1. The molecule has 1 aromatic heterocycles. The van der Waals surface area contributed by atoms with E-state index in [0.29, 0.717) is 25.1 Å². The van der Waals surface area contributed by atoms with Gasteiger partial charge < -0.3 is 19.1 Å². The molecule has 36 heavy (non-hydrogen) atoms. The van der Waals surface area contributed by atoms with E-state index >= 15 is 0 Å². The maximum atomic E-state index is 13.0. The second-order valence-electron chi connectivity index (χ2n) is 10.9. The smallest absolute Gasteiger partial charge is 0.338 e. The van der Waals surface area contributed by atoms with Crippen molar-refractivity contribution in [1.29, 1.82) is 0 Å². The zero-order valence-electron chi connectivity index (χ0n) is 21.4. The molecule has 7 nitrogen and oxygen atoms in total. The largest absolute Gasteiger partial charge is 0.456 e. The number of carbonyl (C=O) groups is 3. The number of rotatable bonds is 3. The summed E-state index contributed by atoms with van der Waals surface area (Å²) in [6.07, 6.45) is 2.40. The molecule has 5 rings (SSSR count). The number of hydrogen-bond acceptors (Lipinski definition) is 4. The van der Waals surface area contributed by atoms with Gasteiger partial charge >= 0.3 is 5.97 Å². The van der Waals surface area contributed by atoms with Crippen LogP contribution in [0.3, 0.4) is 0 Å². The Balaban J connectivity index is 1.51. The summed E-state index contributed by atoms with van der Waals surface area (Å²) in [7, 11) is 1.71. The normalized spacial score (nSPS) is 18.5. The average Bonchev–Trinajstić information content (AvgIpc) is 3.08. The number of benzene rings is 2. The van der Waals surface area contributed by atoms with Crippen LogP contribution in [-0.4, -0.2) is 57.4 Å². The third-order valence-electron chi connectivity index (χ3n) is 7.08. The van der Waals surface area contributed by atoms with Gasteiger partial charge in [-0.05, 0) is 69.4 Å². The topological polar surface area (TPSA) is 71.8 Å². The Hall–Kier alpha value is -3.61. The Labute approximate surface area is 211 Å². The van der Waals surface area contributed by atoms with Crippen molar-refractivity contribution >= 4 is 28.7 Å². The van der Waals surface area contributed by atoms with Crippen LogP contribution in [0.15, 0.2) is 48.5 Å². The fourth-order valence-electron chi connectivity index (χ4n) is 5.38. The summed E-state index contributed by atoms with van der Waals surface area (Å²) in [4.78, 5) is 41.7. The number of para-hydroxylation sites is 1. The second kappa shape index (κ2) is 9.12. The molecule has 1 saturated heterocycles. The van der Waals surface area contributed by atoms with Gasteiger partial charge in [0.2, 0.25) is 11.8 Å². The van der Waals surface area contributed by atoms with Gasteiger partial charge in [-0.2, -0.15) is 0 Å². The number of esters is 1. The fraction of sp³-hybridized carbons (Fsp3) is 0.414. The molecule has 0 radical (unpaired) electrons. The highest BCUT2D eigenvalue weighted by atomic mass is 16.6. The summed E-state index contributed by atoms with van der Waals surface area (Å²) in [5.41, 5.74) is 4.48. The molecule has 1 unspecified atom stereocenters. The first-order valence-electron chi connectivity index (χ1n) is 12.6. The lowest BCUT2D eigenvalue weighted by atomic mass is 9.96. The quantitative estimate of drug-likeness (QED) is 0.521. The van der Waals surface area contributed by atoms with E-state index < -0.39 is 11.6 Å². The van der Waals surface area contributed by atoms with Crippen molar-refractivity contribution in [3.8, 4) is 0 Å². The Kier molecular flexibility index (Phi) is 6.10. The molecule has 0 spiro atoms. The van der Waals surface area contributed by atoms with Gasteiger partial charge in [-0.15, -0.1) is 0 Å². The molecule has 0 bridgehead atoms. The minimum atomic E-state index is -0.546. The molecular weight excluding hydrogens is 454 g/mol. The number of aromatic nitrogens is 1. The SMILES string of the molecule is CN1CC(=O)N2Cc3c(c4ccccc4n3Cc3ccc(C(=O)OC(C)(C)C)cc3)CCCC2C1=O. The molecule has 2 amide bonds. The van der Waals surface area contributed by atoms with E-state index in [2.05, 4.69) is 22.8 Å². The minimum absolute atomic E-state index is 0.00605. The van der Waals surface area contributed by atoms with Crippen LogP contribution in [0.2, 0.25) is 0 Å². The number of ether oxygens (including phenoxy) is 1. The number of likely N-dealkylation sites (N-methyl/N-ethyl adjacent to an activating group) is 1. The highest BCUT2D eigenvalue weighted by molar-refractivity contribution is 5.95. The lowest BCUT2D eigenvalue weighted by molar-refractivity contribution is -0.155. The van der Waals surface area contributed by atoms with Crippen LogP contribution >= 0.6 is 0 Å². The lowest BCUT2D eigenvalue weighted by Crippen LogP contribution is -2.58. The molecule has 2 aliphatic rings. The molecule has 3 heterocycles. The zero-order valence-corrected chi connectivity index (χ0v) is 21.4. The van der Waals surface area contributed by atoms with E-state index in [0.717, 1.165) is 29.6 Å². The average molecular weight is 488 g/mol. The van der Waals surface area contributed by atoms with Crippen molar-refractivity contribution in [2.24, 2.45) is 0 Å². The number of carbonyl (C=O) groups excluding carboxylic acids is 3. The predicted molar refractivity (Wildman–Crippen MR) is 138 cm³/mol. The Morgan fingerprint density at radius 1 is 1.03 bits per heavy atom. The van der Waals surface area contributed by atoms with Crippen molar-refractivity contribution in [2.75, 3.05) is 13.6 Å². The van der Waals surface area contributed by atoms with Gasteiger partial charge in [0.05, 0.1) is 18.7 Å². The number of nitrogens with zero attached hydrogens (tertiary/aromatic N) is 3. The molecule has 188 valence electrons. The van der Waals surface area contributed by atoms with Crippen molar-refractivity contribution in [3.05, 3.63) is 70.9 Å². The third-order valence-corrected chi connectivity index (χ3v) is 7.08. The number of hydrogen-bond donors (Lipinski definition) is 0. The summed E-state index contributed by atoms with van der Waals surface area (Å²) in [5.74, 6) is -0.318. The summed E-state index contributed by atoms with van der Waals surface area (Å²) >= 11 is 0. The minimum Gasteiger partial charge on any atom is -0.456 e. The molecule has 0 saturated carbocycles. The Morgan fingerprint density at radius 2 is 1.75 bits per heavy atom. The van der Waals surface area contributed by atoms with Crippen molar-refractivity contribution in [3.63, 3.8) is 0 Å². The molecule has 1 atom stereocenters. The monoisotopic (exact) mass is 487 g/mol. The van der Waals surface area contributed by atoms with E-state index in [1.807, 2.05) is 39.0 Å². The summed E-state index contributed by atoms with van der Waals surface area (Å²) < 4.78 is 7.76. The van der Waals surface area contributed by atoms with E-state index in [-0.39, 0.29) is 24.3 Å².